The van der Waals surface area contributed by atoms with Crippen molar-refractivity contribution in [3.8, 4) is 0 Å². The van der Waals surface area contributed by atoms with E-state index in [1.54, 1.807) is 19.0 Å². The van der Waals surface area contributed by atoms with Crippen LogP contribution in [0, 0.1) is 0 Å². The Balaban J connectivity index is 0.00000300. The van der Waals surface area contributed by atoms with Crippen molar-refractivity contribution in [1.29, 1.82) is 0 Å². The number of halogens is 1. The monoisotopic (exact) mass is 522 g/mol. The van der Waals surface area contributed by atoms with E-state index in [0.717, 1.165) is 64.9 Å². The molecule has 0 aromatic carbocycles. The summed E-state index contributed by atoms with van der Waals surface area (Å²) in [5.41, 5.74) is 0. The van der Waals surface area contributed by atoms with E-state index in [2.05, 4.69) is 26.9 Å². The van der Waals surface area contributed by atoms with Gasteiger partial charge in [0.25, 0.3) is 0 Å². The number of carbonyl (C=O) groups excluding carboxylic acids is 1. The number of amides is 1. The van der Waals surface area contributed by atoms with E-state index in [0.29, 0.717) is 12.1 Å². The molecule has 1 N–H and O–H groups in total. The molecule has 0 saturated carbocycles. The highest BCUT2D eigenvalue weighted by atomic mass is 127. The highest BCUT2D eigenvalue weighted by molar-refractivity contribution is 14.0. The van der Waals surface area contributed by atoms with Gasteiger partial charge in [-0.15, -0.1) is 24.0 Å². The quantitative estimate of drug-likeness (QED) is 0.312. The summed E-state index contributed by atoms with van der Waals surface area (Å²) >= 11 is 0. The highest BCUT2D eigenvalue weighted by Gasteiger charge is 2.31. The van der Waals surface area contributed by atoms with Crippen LogP contribution in [0.2, 0.25) is 0 Å². The zero-order chi connectivity index (χ0) is 19.9. The van der Waals surface area contributed by atoms with Gasteiger partial charge in [0, 0.05) is 58.9 Å². The van der Waals surface area contributed by atoms with Crippen LogP contribution in [0.5, 0.6) is 0 Å². The smallest absolute Gasteiger partial charge is 0.243 e. The molecule has 0 aliphatic carbocycles. The fraction of sp³-hybridized carbons (Fsp3) is 0.900. The lowest BCUT2D eigenvalue weighted by Crippen LogP contribution is -2.49. The van der Waals surface area contributed by atoms with Crippen molar-refractivity contribution >= 4 is 35.8 Å². The molecule has 8 nitrogen and oxygen atoms in total. The molecule has 1 amide bonds. The number of carbonyl (C=O) groups is 1. The molecule has 3 rings (SSSR count). The normalized spacial score (nSPS) is 26.4. The van der Waals surface area contributed by atoms with E-state index < -0.39 is 0 Å². The van der Waals surface area contributed by atoms with Gasteiger partial charge in [-0.25, -0.2) is 4.99 Å². The van der Waals surface area contributed by atoms with Crippen LogP contribution in [0.15, 0.2) is 4.99 Å². The van der Waals surface area contributed by atoms with E-state index in [9.17, 15) is 4.79 Å². The molecule has 3 aliphatic heterocycles. The van der Waals surface area contributed by atoms with Gasteiger partial charge in [-0.1, -0.05) is 6.92 Å². The van der Waals surface area contributed by atoms with Gasteiger partial charge >= 0.3 is 0 Å². The lowest BCUT2D eigenvalue weighted by molar-refractivity contribution is -0.127. The first-order chi connectivity index (χ1) is 13.6. The van der Waals surface area contributed by atoms with Crippen molar-refractivity contribution < 1.29 is 9.53 Å². The second kappa shape index (κ2) is 12.3. The number of hydrogen-bond donors (Lipinski definition) is 1. The lowest BCUT2D eigenvalue weighted by atomic mass is 10.2. The van der Waals surface area contributed by atoms with Crippen LogP contribution in [-0.2, 0) is 9.53 Å². The zero-order valence-corrected chi connectivity index (χ0v) is 20.6. The maximum Gasteiger partial charge on any atom is 0.243 e. The van der Waals surface area contributed by atoms with E-state index in [1.165, 1.54) is 19.4 Å². The molecule has 3 saturated heterocycles. The SMILES string of the molecule is CCN1CCCC1CNC(=NCC(=O)N(C)C)N1CCC(N2CCOCC2)C1.I. The van der Waals surface area contributed by atoms with Gasteiger partial charge in [-0.2, -0.15) is 0 Å². The molecule has 0 bridgehead atoms. The molecule has 2 unspecified atom stereocenters. The van der Waals surface area contributed by atoms with E-state index in [4.69, 9.17) is 9.73 Å². The molecule has 2 atom stereocenters. The van der Waals surface area contributed by atoms with Crippen LogP contribution in [-0.4, -0.2) is 123 Å². The van der Waals surface area contributed by atoms with E-state index in [1.807, 2.05) is 0 Å². The molecule has 0 aromatic rings. The maximum atomic E-state index is 12.1. The van der Waals surface area contributed by atoms with Crippen molar-refractivity contribution in [1.82, 2.24) is 24.9 Å². The number of rotatable bonds is 6. The number of nitrogens with zero attached hydrogens (tertiary/aromatic N) is 5. The summed E-state index contributed by atoms with van der Waals surface area (Å²) in [4.78, 5) is 25.8. The first-order valence-corrected chi connectivity index (χ1v) is 10.9. The molecule has 0 spiro atoms. The van der Waals surface area contributed by atoms with Crippen LogP contribution in [0.4, 0.5) is 0 Å². The Morgan fingerprint density at radius 3 is 2.62 bits per heavy atom. The Kier molecular flexibility index (Phi) is 10.4. The second-order valence-corrected chi connectivity index (χ2v) is 8.27. The minimum absolute atomic E-state index is 0. The summed E-state index contributed by atoms with van der Waals surface area (Å²) in [7, 11) is 3.57. The van der Waals surface area contributed by atoms with Gasteiger partial charge in [0.15, 0.2) is 5.96 Å². The third-order valence-electron chi connectivity index (χ3n) is 6.29. The summed E-state index contributed by atoms with van der Waals surface area (Å²) in [6.45, 7) is 11.3. The number of nitrogens with one attached hydrogen (secondary N) is 1. The number of likely N-dealkylation sites (tertiary alicyclic amines) is 2. The van der Waals surface area contributed by atoms with Crippen molar-refractivity contribution in [2.45, 2.75) is 38.3 Å². The van der Waals surface area contributed by atoms with Crippen LogP contribution in [0.3, 0.4) is 0 Å². The molecule has 3 fully saturated rings. The van der Waals surface area contributed by atoms with Gasteiger partial charge in [-0.05, 0) is 32.4 Å². The average molecular weight is 522 g/mol. The van der Waals surface area contributed by atoms with Crippen LogP contribution < -0.4 is 5.32 Å². The third kappa shape index (κ3) is 6.93. The summed E-state index contributed by atoms with van der Waals surface area (Å²) in [6.07, 6.45) is 3.66. The fourth-order valence-electron chi connectivity index (χ4n) is 4.48. The molecule has 29 heavy (non-hydrogen) atoms. The number of morpholine rings is 1. The zero-order valence-electron chi connectivity index (χ0n) is 18.3. The second-order valence-electron chi connectivity index (χ2n) is 8.27. The molecular formula is C20H39IN6O2. The Morgan fingerprint density at radius 1 is 1.17 bits per heavy atom. The summed E-state index contributed by atoms with van der Waals surface area (Å²) in [5.74, 6) is 0.938. The maximum absolute atomic E-state index is 12.1. The molecular weight excluding hydrogens is 483 g/mol. The molecule has 0 radical (unpaired) electrons. The van der Waals surface area contributed by atoms with Crippen LogP contribution in [0.1, 0.15) is 26.2 Å². The van der Waals surface area contributed by atoms with Crippen molar-refractivity contribution in [3.63, 3.8) is 0 Å². The van der Waals surface area contributed by atoms with E-state index in [-0.39, 0.29) is 36.4 Å². The molecule has 9 heteroatoms. The summed E-state index contributed by atoms with van der Waals surface area (Å²) in [5, 5.41) is 3.61. The predicted octanol–water partition coefficient (Wildman–Crippen LogP) is 0.529. The van der Waals surface area contributed by atoms with Crippen LogP contribution in [0.25, 0.3) is 0 Å². The van der Waals surface area contributed by atoms with Crippen molar-refractivity contribution in [3.05, 3.63) is 0 Å². The predicted molar refractivity (Wildman–Crippen MR) is 127 cm³/mol. The van der Waals surface area contributed by atoms with Crippen molar-refractivity contribution in [2.24, 2.45) is 4.99 Å². The Bertz CT molecular complexity index is 541. The number of aliphatic imine (C=N–C) groups is 1. The largest absolute Gasteiger partial charge is 0.379 e. The number of guanidine groups is 1. The minimum Gasteiger partial charge on any atom is -0.379 e. The molecule has 0 aromatic heterocycles. The average Bonchev–Trinajstić information content (AvgIpc) is 3.37. The van der Waals surface area contributed by atoms with Crippen LogP contribution >= 0.6 is 24.0 Å². The topological polar surface area (TPSA) is 63.7 Å². The van der Waals surface area contributed by atoms with E-state index >= 15 is 0 Å². The Labute approximate surface area is 193 Å². The Hall–Kier alpha value is -0.650. The Morgan fingerprint density at radius 2 is 1.93 bits per heavy atom. The third-order valence-corrected chi connectivity index (χ3v) is 6.29. The van der Waals surface area contributed by atoms with Crippen molar-refractivity contribution in [2.75, 3.05) is 79.7 Å². The first-order valence-electron chi connectivity index (χ1n) is 10.9. The number of likely N-dealkylation sites (N-methyl/N-ethyl adjacent to an activating group) is 2. The highest BCUT2D eigenvalue weighted by Crippen LogP contribution is 2.18. The van der Waals surface area contributed by atoms with Gasteiger partial charge < -0.3 is 19.9 Å². The summed E-state index contributed by atoms with van der Waals surface area (Å²) < 4.78 is 5.50. The van der Waals surface area contributed by atoms with Gasteiger partial charge in [-0.3, -0.25) is 14.6 Å². The lowest BCUT2D eigenvalue weighted by Gasteiger charge is -2.32. The van der Waals surface area contributed by atoms with Gasteiger partial charge in [0.05, 0.1) is 13.2 Å². The van der Waals surface area contributed by atoms with Gasteiger partial charge in [0.1, 0.15) is 6.54 Å². The standard InChI is InChI=1S/C20H38N6O2.HI/c1-4-24-8-5-6-17(24)14-21-20(22-15-19(27)23(2)3)26-9-7-18(16-26)25-10-12-28-13-11-25;/h17-18H,4-16H2,1-3H3,(H,21,22);1H. The molecule has 3 aliphatic rings. The molecule has 168 valence electrons. The summed E-state index contributed by atoms with van der Waals surface area (Å²) in [6, 6.07) is 1.12. The molecule has 3 heterocycles. The fourth-order valence-corrected chi connectivity index (χ4v) is 4.48. The number of ether oxygens (including phenoxy) is 1. The number of hydrogen-bond acceptors (Lipinski definition) is 5. The minimum atomic E-state index is 0. The van der Waals surface area contributed by atoms with Gasteiger partial charge in [0.2, 0.25) is 5.91 Å². The first kappa shape index (κ1) is 24.6.